The van der Waals surface area contributed by atoms with E-state index in [2.05, 4.69) is 10.3 Å². The van der Waals surface area contributed by atoms with Crippen molar-refractivity contribution in [2.75, 3.05) is 17.6 Å². The fourth-order valence-corrected chi connectivity index (χ4v) is 1.93. The van der Waals surface area contributed by atoms with Crippen LogP contribution < -0.4 is 22.3 Å². The van der Waals surface area contributed by atoms with Gasteiger partial charge in [0.25, 0.3) is 5.56 Å². The summed E-state index contributed by atoms with van der Waals surface area (Å²) < 4.78 is 1.28. The number of rotatable bonds is 5. The molecule has 1 aromatic carbocycles. The smallest absolute Gasteiger partial charge is 0.330 e. The van der Waals surface area contributed by atoms with E-state index in [0.29, 0.717) is 0 Å². The first kappa shape index (κ1) is 14.9. The molecule has 0 saturated heterocycles. The normalized spacial score (nSPS) is 12.1. The molecule has 0 amide bonds. The molecule has 2 aromatic rings. The summed E-state index contributed by atoms with van der Waals surface area (Å²) in [4.78, 5) is 25.9. The van der Waals surface area contributed by atoms with E-state index < -0.39 is 17.4 Å². The van der Waals surface area contributed by atoms with Gasteiger partial charge in [0, 0.05) is 6.54 Å². The zero-order valence-corrected chi connectivity index (χ0v) is 11.7. The van der Waals surface area contributed by atoms with Gasteiger partial charge in [-0.3, -0.25) is 14.3 Å². The molecule has 112 valence electrons. The van der Waals surface area contributed by atoms with Gasteiger partial charge in [0.2, 0.25) is 0 Å². The number of anilines is 2. The van der Waals surface area contributed by atoms with Crippen LogP contribution in [-0.2, 0) is 6.54 Å². The number of benzene rings is 1. The van der Waals surface area contributed by atoms with Gasteiger partial charge in [0.15, 0.2) is 0 Å². The Labute approximate surface area is 121 Å². The van der Waals surface area contributed by atoms with Gasteiger partial charge in [-0.25, -0.2) is 4.79 Å². The lowest BCUT2D eigenvalue weighted by molar-refractivity contribution is 0.208. The van der Waals surface area contributed by atoms with E-state index >= 15 is 0 Å². The largest absolute Gasteiger partial charge is 0.392 e. The van der Waals surface area contributed by atoms with Crippen LogP contribution in [0.4, 0.5) is 11.5 Å². The molecule has 0 aliphatic carbocycles. The Bertz CT molecular complexity index is 719. The summed E-state index contributed by atoms with van der Waals surface area (Å²) in [7, 11) is 0. The standard InChI is InChI=1S/C14H18N4O3/c1-9(19)7-16-11-12(15)18(14(21)17-13(11)20)8-10-5-3-2-4-6-10/h2-6,9,16,19H,7-8,15H2,1H3,(H,17,20,21). The molecule has 5 N–H and O–H groups in total. The zero-order valence-electron chi connectivity index (χ0n) is 11.7. The van der Waals surface area contributed by atoms with Crippen molar-refractivity contribution in [3.63, 3.8) is 0 Å². The van der Waals surface area contributed by atoms with Gasteiger partial charge in [0.1, 0.15) is 11.5 Å². The van der Waals surface area contributed by atoms with E-state index in [1.807, 2.05) is 30.3 Å². The maximum absolute atomic E-state index is 11.9. The molecule has 1 aromatic heterocycles. The van der Waals surface area contributed by atoms with Crippen molar-refractivity contribution in [2.45, 2.75) is 19.6 Å². The van der Waals surface area contributed by atoms with E-state index in [9.17, 15) is 14.7 Å². The van der Waals surface area contributed by atoms with Gasteiger partial charge in [-0.05, 0) is 12.5 Å². The van der Waals surface area contributed by atoms with E-state index in [0.717, 1.165) is 5.56 Å². The monoisotopic (exact) mass is 290 g/mol. The number of aliphatic hydroxyl groups excluding tert-OH is 1. The predicted molar refractivity (Wildman–Crippen MR) is 81.4 cm³/mol. The first-order valence-corrected chi connectivity index (χ1v) is 6.57. The number of nitrogens with one attached hydrogen (secondary N) is 2. The lowest BCUT2D eigenvalue weighted by Crippen LogP contribution is -2.35. The van der Waals surface area contributed by atoms with Crippen LogP contribution in [0.5, 0.6) is 0 Å². The molecule has 7 nitrogen and oxygen atoms in total. The Morgan fingerprint density at radius 2 is 2.00 bits per heavy atom. The van der Waals surface area contributed by atoms with Crippen molar-refractivity contribution in [1.82, 2.24) is 9.55 Å². The summed E-state index contributed by atoms with van der Waals surface area (Å²) in [6.07, 6.45) is -0.640. The van der Waals surface area contributed by atoms with Crippen molar-refractivity contribution < 1.29 is 5.11 Å². The number of nitrogens with zero attached hydrogens (tertiary/aromatic N) is 1. The van der Waals surface area contributed by atoms with Crippen LogP contribution in [0.25, 0.3) is 0 Å². The van der Waals surface area contributed by atoms with Gasteiger partial charge in [-0.2, -0.15) is 0 Å². The Kier molecular flexibility index (Phi) is 4.44. The van der Waals surface area contributed by atoms with Gasteiger partial charge in [-0.15, -0.1) is 0 Å². The minimum Gasteiger partial charge on any atom is -0.392 e. The maximum Gasteiger partial charge on any atom is 0.330 e. The average molecular weight is 290 g/mol. The van der Waals surface area contributed by atoms with Crippen LogP contribution in [0.15, 0.2) is 39.9 Å². The summed E-state index contributed by atoms with van der Waals surface area (Å²) in [6, 6.07) is 9.31. The Balaban J connectivity index is 2.39. The number of aliphatic hydroxyl groups is 1. The molecular weight excluding hydrogens is 272 g/mol. The molecule has 0 aliphatic rings. The molecule has 1 atom stereocenters. The number of nitrogens with two attached hydrogens (primary N) is 1. The molecular formula is C14H18N4O3. The lowest BCUT2D eigenvalue weighted by atomic mass is 10.2. The number of H-pyrrole nitrogens is 1. The summed E-state index contributed by atoms with van der Waals surface area (Å²) in [5, 5.41) is 12.0. The minimum atomic E-state index is -0.640. The number of hydrogen-bond donors (Lipinski definition) is 4. The summed E-state index contributed by atoms with van der Waals surface area (Å²) in [6.45, 7) is 2.00. The first-order chi connectivity index (χ1) is 9.99. The van der Waals surface area contributed by atoms with Gasteiger partial charge >= 0.3 is 5.69 Å². The minimum absolute atomic E-state index is 0.0493. The third-order valence-electron chi connectivity index (χ3n) is 3.00. The SMILES string of the molecule is CC(O)CNc1c(N)n(Cc2ccccc2)c(=O)[nH]c1=O. The average Bonchev–Trinajstić information content (AvgIpc) is 2.44. The summed E-state index contributed by atoms with van der Waals surface area (Å²) in [5.41, 5.74) is 5.74. The second-order valence-electron chi connectivity index (χ2n) is 4.82. The molecule has 1 heterocycles. The predicted octanol–water partition coefficient (Wildman–Crippen LogP) is -0.0402. The molecule has 0 bridgehead atoms. The highest BCUT2D eigenvalue weighted by Gasteiger charge is 2.12. The molecule has 21 heavy (non-hydrogen) atoms. The van der Waals surface area contributed by atoms with Crippen molar-refractivity contribution in [3.05, 3.63) is 56.7 Å². The third kappa shape index (κ3) is 3.51. The van der Waals surface area contributed by atoms with Crippen molar-refractivity contribution >= 4 is 11.5 Å². The third-order valence-corrected chi connectivity index (χ3v) is 3.00. The van der Waals surface area contributed by atoms with Crippen LogP contribution in [0, 0.1) is 0 Å². The van der Waals surface area contributed by atoms with Crippen LogP contribution >= 0.6 is 0 Å². The second-order valence-corrected chi connectivity index (χ2v) is 4.82. The number of aromatic nitrogens is 2. The fourth-order valence-electron chi connectivity index (χ4n) is 1.93. The van der Waals surface area contributed by atoms with E-state index in [-0.39, 0.29) is 24.6 Å². The van der Waals surface area contributed by atoms with Gasteiger partial charge in [-0.1, -0.05) is 30.3 Å². The maximum atomic E-state index is 11.9. The number of aromatic amines is 1. The molecule has 7 heteroatoms. The number of hydrogen-bond acceptors (Lipinski definition) is 5. The first-order valence-electron chi connectivity index (χ1n) is 6.57. The molecule has 0 radical (unpaired) electrons. The Morgan fingerprint density at radius 3 is 2.62 bits per heavy atom. The lowest BCUT2D eigenvalue weighted by Gasteiger charge is -2.14. The second kappa shape index (κ2) is 6.27. The molecule has 0 saturated carbocycles. The van der Waals surface area contributed by atoms with Crippen LogP contribution in [0.2, 0.25) is 0 Å². The van der Waals surface area contributed by atoms with Crippen LogP contribution in [0.3, 0.4) is 0 Å². The highest BCUT2D eigenvalue weighted by Crippen LogP contribution is 2.12. The molecule has 0 spiro atoms. The molecule has 1 unspecified atom stereocenters. The van der Waals surface area contributed by atoms with E-state index in [1.165, 1.54) is 4.57 Å². The summed E-state index contributed by atoms with van der Waals surface area (Å²) in [5.74, 6) is 0.0493. The van der Waals surface area contributed by atoms with Crippen molar-refractivity contribution in [1.29, 1.82) is 0 Å². The Morgan fingerprint density at radius 1 is 1.33 bits per heavy atom. The summed E-state index contributed by atoms with van der Waals surface area (Å²) >= 11 is 0. The quantitative estimate of drug-likeness (QED) is 0.617. The highest BCUT2D eigenvalue weighted by molar-refractivity contribution is 5.60. The van der Waals surface area contributed by atoms with Crippen molar-refractivity contribution in [2.24, 2.45) is 0 Å². The molecule has 2 rings (SSSR count). The van der Waals surface area contributed by atoms with Gasteiger partial charge < -0.3 is 16.2 Å². The topological polar surface area (TPSA) is 113 Å². The van der Waals surface area contributed by atoms with Gasteiger partial charge in [0.05, 0.1) is 12.6 Å². The zero-order chi connectivity index (χ0) is 15.4. The number of nitrogen functional groups attached to an aromatic ring is 1. The van der Waals surface area contributed by atoms with E-state index in [4.69, 9.17) is 5.73 Å². The van der Waals surface area contributed by atoms with E-state index in [1.54, 1.807) is 6.92 Å². The fraction of sp³-hybridized carbons (Fsp3) is 0.286. The van der Waals surface area contributed by atoms with Crippen LogP contribution in [0.1, 0.15) is 12.5 Å². The van der Waals surface area contributed by atoms with Crippen LogP contribution in [-0.4, -0.2) is 27.3 Å². The highest BCUT2D eigenvalue weighted by atomic mass is 16.3. The Hall–Kier alpha value is -2.54. The molecule has 0 aliphatic heterocycles. The molecule has 0 fully saturated rings. The van der Waals surface area contributed by atoms with Crippen molar-refractivity contribution in [3.8, 4) is 0 Å².